The highest BCUT2D eigenvalue weighted by atomic mass is 14.6. The van der Waals surface area contributed by atoms with Gasteiger partial charge >= 0.3 is 0 Å². The lowest BCUT2D eigenvalue weighted by molar-refractivity contribution is -0.0287. The van der Waals surface area contributed by atoms with E-state index in [0.29, 0.717) is 5.41 Å². The molecular formula is C43H54. The number of hydrogen-bond donors (Lipinski definition) is 0. The Kier molecular flexibility index (Phi) is 6.27. The van der Waals surface area contributed by atoms with Crippen LogP contribution in [0.15, 0.2) is 41.5 Å². The van der Waals surface area contributed by atoms with Gasteiger partial charge in [0.15, 0.2) is 0 Å². The zero-order chi connectivity index (χ0) is 29.9. The number of hydrogen-bond acceptors (Lipinski definition) is 0. The Morgan fingerprint density at radius 2 is 1.40 bits per heavy atom. The molecule has 0 N–H and O–H groups in total. The standard InChI is InChI=1S/C43H54/c1-26-13-16-33(40(26)43-23-27-17-28(24-43)19-29(18-27)25-43)39-36-20-31-14-15-32(41(2,3)4)21-34(31)35(36)22-37(42(5,6)7)38(39)30-11-9-8-10-12-30/h13-15,20-22,27-29H,8-12,16-19,23-25H2,1-7H3. The minimum absolute atomic E-state index is 0.0937. The van der Waals surface area contributed by atoms with Gasteiger partial charge < -0.3 is 0 Å². The second-order valence-electron chi connectivity index (χ2n) is 17.9. The zero-order valence-corrected chi connectivity index (χ0v) is 28.2. The third kappa shape index (κ3) is 4.43. The minimum atomic E-state index is 0.0937. The van der Waals surface area contributed by atoms with Crippen LogP contribution in [0.4, 0.5) is 0 Å². The Labute approximate surface area is 260 Å². The Bertz CT molecular complexity index is 1760. The Balaban J connectivity index is 1.50. The van der Waals surface area contributed by atoms with Gasteiger partial charge in [0.05, 0.1) is 0 Å². The number of benzene rings is 2. The van der Waals surface area contributed by atoms with Crippen LogP contribution < -0.4 is 10.4 Å². The fourth-order valence-electron chi connectivity index (χ4n) is 11.2. The van der Waals surface area contributed by atoms with E-state index in [4.69, 9.17) is 0 Å². The molecule has 5 fully saturated rings. The fourth-order valence-corrected chi connectivity index (χ4v) is 11.2. The van der Waals surface area contributed by atoms with E-state index >= 15 is 0 Å². The Morgan fingerprint density at radius 3 is 2.00 bits per heavy atom. The van der Waals surface area contributed by atoms with Crippen molar-refractivity contribution >= 4 is 17.2 Å². The molecule has 43 heavy (non-hydrogen) atoms. The molecular weight excluding hydrogens is 516 g/mol. The average Bonchev–Trinajstić information content (AvgIpc) is 3.51. The number of allylic oxidation sites excluding steroid dienone is 4. The van der Waals surface area contributed by atoms with E-state index in [-0.39, 0.29) is 10.8 Å². The molecule has 5 saturated carbocycles. The highest BCUT2D eigenvalue weighted by Crippen LogP contribution is 2.65. The SMILES string of the molecule is CC1=CCC(c2c3c(cc(C(C)(C)C)c2=C2CCCCC2)=c2cc(C(C)(C)C)ccc2=C3)=C1C12CC3CC(CC(C3)C1)C2. The van der Waals surface area contributed by atoms with Crippen molar-refractivity contribution in [2.45, 2.75) is 136 Å². The van der Waals surface area contributed by atoms with Gasteiger partial charge in [-0.15, -0.1) is 0 Å². The average molecular weight is 571 g/mol. The van der Waals surface area contributed by atoms with Gasteiger partial charge in [0.1, 0.15) is 0 Å². The van der Waals surface area contributed by atoms with Crippen LogP contribution in [0, 0.1) is 33.6 Å². The summed E-state index contributed by atoms with van der Waals surface area (Å²) in [7, 11) is 0. The van der Waals surface area contributed by atoms with Gasteiger partial charge in [-0.05, 0) is 178 Å². The highest BCUT2D eigenvalue weighted by molar-refractivity contribution is 5.85. The summed E-state index contributed by atoms with van der Waals surface area (Å²) in [6.07, 6.45) is 21.9. The summed E-state index contributed by atoms with van der Waals surface area (Å²) in [6, 6.07) is 10.0. The molecule has 0 unspecified atom stereocenters. The van der Waals surface area contributed by atoms with Crippen LogP contribution in [0.1, 0.15) is 148 Å². The van der Waals surface area contributed by atoms with Gasteiger partial charge in [-0.25, -0.2) is 0 Å². The van der Waals surface area contributed by atoms with E-state index in [1.807, 2.05) is 5.57 Å². The van der Waals surface area contributed by atoms with Crippen molar-refractivity contribution in [1.29, 1.82) is 0 Å². The predicted octanol–water partition coefficient (Wildman–Crippen LogP) is 10.1. The van der Waals surface area contributed by atoms with Crippen molar-refractivity contribution in [3.63, 3.8) is 0 Å². The van der Waals surface area contributed by atoms with Crippen LogP contribution in [0.25, 0.3) is 17.2 Å². The third-order valence-electron chi connectivity index (χ3n) is 12.7. The molecule has 226 valence electrons. The maximum absolute atomic E-state index is 2.66. The molecule has 2 aromatic carbocycles. The van der Waals surface area contributed by atoms with Crippen LogP contribution in [0.5, 0.6) is 0 Å². The minimum Gasteiger partial charge on any atom is -0.0769 e. The Hall–Kier alpha value is -2.34. The molecule has 0 amide bonds. The van der Waals surface area contributed by atoms with Crippen LogP contribution in [0.3, 0.4) is 0 Å². The van der Waals surface area contributed by atoms with Crippen molar-refractivity contribution in [1.82, 2.24) is 0 Å². The summed E-state index contributed by atoms with van der Waals surface area (Å²) in [5, 5.41) is 6.07. The molecule has 2 aromatic rings. The summed E-state index contributed by atoms with van der Waals surface area (Å²) >= 11 is 0. The quantitative estimate of drug-likeness (QED) is 0.287. The van der Waals surface area contributed by atoms with Crippen molar-refractivity contribution in [3.05, 3.63) is 84.6 Å². The molecule has 0 spiro atoms. The summed E-state index contributed by atoms with van der Waals surface area (Å²) in [6.45, 7) is 17.0. The lowest BCUT2D eigenvalue weighted by atomic mass is 9.47. The van der Waals surface area contributed by atoms with E-state index < -0.39 is 0 Å². The first-order valence-electron chi connectivity index (χ1n) is 17.9. The van der Waals surface area contributed by atoms with E-state index in [1.54, 1.807) is 38.6 Å². The normalized spacial score (nSPS) is 29.6. The molecule has 4 bridgehead atoms. The van der Waals surface area contributed by atoms with Crippen molar-refractivity contribution < 1.29 is 0 Å². The molecule has 0 heterocycles. The van der Waals surface area contributed by atoms with Crippen molar-refractivity contribution in [3.8, 4) is 0 Å². The largest absolute Gasteiger partial charge is 0.0769 e. The summed E-state index contributed by atoms with van der Waals surface area (Å²) in [4.78, 5) is 0. The molecule has 7 aliphatic rings. The number of rotatable bonds is 2. The molecule has 0 radical (unpaired) electrons. The summed E-state index contributed by atoms with van der Waals surface area (Å²) in [5.41, 5.74) is 13.8. The van der Waals surface area contributed by atoms with Gasteiger partial charge in [-0.1, -0.05) is 83.4 Å². The van der Waals surface area contributed by atoms with Gasteiger partial charge in [-0.2, -0.15) is 0 Å². The second-order valence-corrected chi connectivity index (χ2v) is 17.9. The first-order chi connectivity index (χ1) is 20.4. The molecule has 0 nitrogen and oxygen atoms in total. The molecule has 9 rings (SSSR count). The van der Waals surface area contributed by atoms with Crippen LogP contribution >= 0.6 is 0 Å². The van der Waals surface area contributed by atoms with Crippen molar-refractivity contribution in [2.24, 2.45) is 23.2 Å². The second kappa shape index (κ2) is 9.58. The highest BCUT2D eigenvalue weighted by Gasteiger charge is 2.53. The third-order valence-corrected chi connectivity index (χ3v) is 12.7. The summed E-state index contributed by atoms with van der Waals surface area (Å²) in [5.74, 6) is 2.91. The fraction of sp³-hybridized carbons (Fsp3) is 0.581. The molecule has 0 saturated heterocycles. The molecule has 0 aliphatic heterocycles. The van der Waals surface area contributed by atoms with Gasteiger partial charge in [0, 0.05) is 0 Å². The van der Waals surface area contributed by atoms with E-state index in [2.05, 4.69) is 84.9 Å². The van der Waals surface area contributed by atoms with E-state index in [9.17, 15) is 0 Å². The maximum Gasteiger partial charge on any atom is -0.00335 e. The smallest absolute Gasteiger partial charge is 0.00335 e. The summed E-state index contributed by atoms with van der Waals surface area (Å²) < 4.78 is 0. The number of fused-ring (bicyclic) bond motifs is 2. The molecule has 7 aliphatic carbocycles. The molecule has 0 atom stereocenters. The van der Waals surface area contributed by atoms with E-state index in [1.165, 1.54) is 91.8 Å². The van der Waals surface area contributed by atoms with Crippen LogP contribution in [-0.4, -0.2) is 0 Å². The van der Waals surface area contributed by atoms with Crippen LogP contribution in [0.2, 0.25) is 0 Å². The van der Waals surface area contributed by atoms with Crippen LogP contribution in [-0.2, 0) is 10.8 Å². The molecule has 0 heteroatoms. The first kappa shape index (κ1) is 28.2. The lowest BCUT2D eigenvalue weighted by Gasteiger charge is -2.58. The van der Waals surface area contributed by atoms with E-state index in [0.717, 1.165) is 24.2 Å². The van der Waals surface area contributed by atoms with Gasteiger partial charge in [-0.3, -0.25) is 0 Å². The maximum atomic E-state index is 2.66. The molecule has 0 aromatic heterocycles. The van der Waals surface area contributed by atoms with Gasteiger partial charge in [0.25, 0.3) is 0 Å². The Morgan fingerprint density at radius 1 is 0.744 bits per heavy atom. The monoisotopic (exact) mass is 570 g/mol. The lowest BCUT2D eigenvalue weighted by Crippen LogP contribution is -2.47. The topological polar surface area (TPSA) is 0 Å². The zero-order valence-electron chi connectivity index (χ0n) is 28.2. The predicted molar refractivity (Wildman–Crippen MR) is 183 cm³/mol. The van der Waals surface area contributed by atoms with Gasteiger partial charge in [0.2, 0.25) is 0 Å². The van der Waals surface area contributed by atoms with Crippen molar-refractivity contribution in [2.75, 3.05) is 0 Å². The first-order valence-corrected chi connectivity index (χ1v) is 17.9.